The standard InChI is InChI=1S/C5H8N2S/c6-3-5-4-8-2-1-7-5/h5,7H,1-2,4H2/t5-/m0/s1. The smallest absolute Gasteiger partial charge is 0.104 e. The normalized spacial score (nSPS) is 29.1. The van der Waals surface area contributed by atoms with Gasteiger partial charge < -0.3 is 5.32 Å². The summed E-state index contributed by atoms with van der Waals surface area (Å²) >= 11 is 1.84. The first-order valence-corrected chi connectivity index (χ1v) is 3.79. The van der Waals surface area contributed by atoms with Gasteiger partial charge in [-0.05, 0) is 0 Å². The molecule has 8 heavy (non-hydrogen) atoms. The second-order valence-corrected chi connectivity index (χ2v) is 2.86. The Hall–Kier alpha value is -0.200. The van der Waals surface area contributed by atoms with Crippen molar-refractivity contribution in [2.45, 2.75) is 6.04 Å². The van der Waals surface area contributed by atoms with E-state index in [0.717, 1.165) is 18.1 Å². The van der Waals surface area contributed by atoms with Gasteiger partial charge in [-0.25, -0.2) is 0 Å². The van der Waals surface area contributed by atoms with Gasteiger partial charge in [-0.1, -0.05) is 0 Å². The Morgan fingerprint density at radius 3 is 3.00 bits per heavy atom. The van der Waals surface area contributed by atoms with Crippen molar-refractivity contribution in [1.82, 2.24) is 5.32 Å². The van der Waals surface area contributed by atoms with E-state index in [1.54, 1.807) is 0 Å². The van der Waals surface area contributed by atoms with Gasteiger partial charge in [0.05, 0.1) is 6.07 Å². The maximum atomic E-state index is 8.37. The van der Waals surface area contributed by atoms with Crippen molar-refractivity contribution < 1.29 is 0 Å². The minimum atomic E-state index is 0.105. The summed E-state index contributed by atoms with van der Waals surface area (Å²) in [5, 5.41) is 11.5. The summed E-state index contributed by atoms with van der Waals surface area (Å²) in [5.74, 6) is 2.11. The van der Waals surface area contributed by atoms with E-state index in [9.17, 15) is 0 Å². The zero-order valence-corrected chi connectivity index (χ0v) is 5.37. The molecule has 0 saturated carbocycles. The number of rotatable bonds is 0. The van der Waals surface area contributed by atoms with Gasteiger partial charge in [-0.3, -0.25) is 0 Å². The summed E-state index contributed by atoms with van der Waals surface area (Å²) in [6.45, 7) is 0.989. The fraction of sp³-hybridized carbons (Fsp3) is 0.800. The summed E-state index contributed by atoms with van der Waals surface area (Å²) in [4.78, 5) is 0. The van der Waals surface area contributed by atoms with Gasteiger partial charge in [0.1, 0.15) is 6.04 Å². The van der Waals surface area contributed by atoms with E-state index < -0.39 is 0 Å². The van der Waals surface area contributed by atoms with E-state index in [2.05, 4.69) is 11.4 Å². The predicted octanol–water partition coefficient (Wildman–Crippen LogP) is 0.215. The van der Waals surface area contributed by atoms with Crippen LogP contribution in [-0.4, -0.2) is 24.1 Å². The van der Waals surface area contributed by atoms with Gasteiger partial charge in [0.25, 0.3) is 0 Å². The molecule has 0 aliphatic carbocycles. The van der Waals surface area contributed by atoms with Crippen molar-refractivity contribution in [3.8, 4) is 6.07 Å². The zero-order valence-electron chi connectivity index (χ0n) is 4.55. The van der Waals surface area contributed by atoms with Crippen molar-refractivity contribution in [2.24, 2.45) is 0 Å². The molecule has 44 valence electrons. The molecule has 0 amide bonds. The SMILES string of the molecule is N#C[C@H]1CSCCN1. The van der Waals surface area contributed by atoms with Crippen LogP contribution < -0.4 is 5.32 Å². The Bertz CT molecular complexity index is 101. The molecule has 1 heterocycles. The lowest BCUT2D eigenvalue weighted by Crippen LogP contribution is -2.35. The summed E-state index contributed by atoms with van der Waals surface area (Å²) in [6, 6.07) is 2.28. The van der Waals surface area contributed by atoms with Crippen molar-refractivity contribution in [3.63, 3.8) is 0 Å². The monoisotopic (exact) mass is 128 g/mol. The highest BCUT2D eigenvalue weighted by atomic mass is 32.2. The van der Waals surface area contributed by atoms with Crippen LogP contribution in [0, 0.1) is 11.3 Å². The maximum absolute atomic E-state index is 8.37. The number of nitrogens with one attached hydrogen (secondary N) is 1. The quantitative estimate of drug-likeness (QED) is 0.506. The number of hydrogen-bond donors (Lipinski definition) is 1. The molecule has 0 aromatic heterocycles. The molecule has 1 aliphatic heterocycles. The van der Waals surface area contributed by atoms with Crippen LogP contribution in [0.25, 0.3) is 0 Å². The van der Waals surface area contributed by atoms with E-state index in [4.69, 9.17) is 5.26 Å². The second kappa shape index (κ2) is 2.95. The topological polar surface area (TPSA) is 35.8 Å². The molecular weight excluding hydrogens is 120 g/mol. The Labute approximate surface area is 53.3 Å². The third-order valence-corrected chi connectivity index (χ3v) is 2.14. The molecule has 2 nitrogen and oxygen atoms in total. The highest BCUT2D eigenvalue weighted by molar-refractivity contribution is 7.99. The molecule has 0 aromatic carbocycles. The van der Waals surface area contributed by atoms with Gasteiger partial charge in [0, 0.05) is 18.1 Å². The molecule has 0 bridgehead atoms. The molecule has 1 atom stereocenters. The lowest BCUT2D eigenvalue weighted by molar-refractivity contribution is 0.666. The first-order chi connectivity index (χ1) is 3.93. The van der Waals surface area contributed by atoms with E-state index >= 15 is 0 Å². The molecule has 0 spiro atoms. The fourth-order valence-corrected chi connectivity index (χ4v) is 1.51. The Morgan fingerprint density at radius 1 is 1.75 bits per heavy atom. The Balaban J connectivity index is 2.25. The van der Waals surface area contributed by atoms with Gasteiger partial charge in [0.2, 0.25) is 0 Å². The highest BCUT2D eigenvalue weighted by Gasteiger charge is 2.09. The van der Waals surface area contributed by atoms with Crippen LogP contribution in [0.2, 0.25) is 0 Å². The van der Waals surface area contributed by atoms with Crippen LogP contribution in [0.5, 0.6) is 0 Å². The Morgan fingerprint density at radius 2 is 2.62 bits per heavy atom. The van der Waals surface area contributed by atoms with Gasteiger partial charge >= 0.3 is 0 Å². The average molecular weight is 128 g/mol. The first-order valence-electron chi connectivity index (χ1n) is 2.64. The Kier molecular flexibility index (Phi) is 2.19. The van der Waals surface area contributed by atoms with Gasteiger partial charge in [-0.15, -0.1) is 0 Å². The molecule has 1 fully saturated rings. The molecule has 0 aromatic rings. The molecule has 0 unspecified atom stereocenters. The number of nitriles is 1. The summed E-state index contributed by atoms with van der Waals surface area (Å²) < 4.78 is 0. The molecule has 1 aliphatic rings. The van der Waals surface area contributed by atoms with Crippen LogP contribution in [-0.2, 0) is 0 Å². The van der Waals surface area contributed by atoms with Gasteiger partial charge in [-0.2, -0.15) is 17.0 Å². The zero-order chi connectivity index (χ0) is 5.82. The molecule has 1 rings (SSSR count). The predicted molar refractivity (Wildman–Crippen MR) is 34.7 cm³/mol. The molecule has 0 radical (unpaired) electrons. The maximum Gasteiger partial charge on any atom is 0.104 e. The first kappa shape index (κ1) is 5.93. The van der Waals surface area contributed by atoms with E-state index in [0.29, 0.717) is 0 Å². The van der Waals surface area contributed by atoms with Crippen LogP contribution in [0.1, 0.15) is 0 Å². The molecule has 1 saturated heterocycles. The lowest BCUT2D eigenvalue weighted by Gasteiger charge is -2.15. The van der Waals surface area contributed by atoms with Crippen molar-refractivity contribution in [3.05, 3.63) is 0 Å². The fourth-order valence-electron chi connectivity index (χ4n) is 0.648. The highest BCUT2D eigenvalue weighted by Crippen LogP contribution is 2.05. The minimum Gasteiger partial charge on any atom is -0.300 e. The molecular formula is C5H8N2S. The number of thioether (sulfide) groups is 1. The number of hydrogen-bond acceptors (Lipinski definition) is 3. The second-order valence-electron chi connectivity index (χ2n) is 1.71. The van der Waals surface area contributed by atoms with Crippen molar-refractivity contribution >= 4 is 11.8 Å². The third-order valence-electron chi connectivity index (χ3n) is 1.08. The van der Waals surface area contributed by atoms with Crippen LogP contribution in [0.15, 0.2) is 0 Å². The van der Waals surface area contributed by atoms with Gasteiger partial charge in [0.15, 0.2) is 0 Å². The van der Waals surface area contributed by atoms with E-state index in [-0.39, 0.29) is 6.04 Å². The molecule has 1 N–H and O–H groups in total. The van der Waals surface area contributed by atoms with Crippen LogP contribution in [0.4, 0.5) is 0 Å². The van der Waals surface area contributed by atoms with Crippen LogP contribution in [0.3, 0.4) is 0 Å². The summed E-state index contributed by atoms with van der Waals surface area (Å²) in [5.41, 5.74) is 0. The van der Waals surface area contributed by atoms with E-state index in [1.807, 2.05) is 11.8 Å². The average Bonchev–Trinajstić information content (AvgIpc) is 1.90. The summed E-state index contributed by atoms with van der Waals surface area (Å²) in [6.07, 6.45) is 0. The summed E-state index contributed by atoms with van der Waals surface area (Å²) in [7, 11) is 0. The van der Waals surface area contributed by atoms with Crippen molar-refractivity contribution in [1.29, 1.82) is 5.26 Å². The lowest BCUT2D eigenvalue weighted by atomic mass is 10.4. The third kappa shape index (κ3) is 1.39. The molecule has 3 heteroatoms. The number of nitrogens with zero attached hydrogens (tertiary/aromatic N) is 1. The van der Waals surface area contributed by atoms with Crippen molar-refractivity contribution in [2.75, 3.05) is 18.1 Å². The largest absolute Gasteiger partial charge is 0.300 e. The van der Waals surface area contributed by atoms with Crippen LogP contribution >= 0.6 is 11.8 Å². The minimum absolute atomic E-state index is 0.105. The van der Waals surface area contributed by atoms with E-state index in [1.165, 1.54) is 0 Å².